The van der Waals surface area contributed by atoms with Gasteiger partial charge in [0.25, 0.3) is 0 Å². The third-order valence-electron chi connectivity index (χ3n) is 3.25. The average Bonchev–Trinajstić information content (AvgIpc) is 2.75. The molecule has 2 aliphatic heterocycles. The third-order valence-corrected chi connectivity index (χ3v) is 4.30. The molecule has 3 aliphatic rings. The zero-order chi connectivity index (χ0) is 10.7. The van der Waals surface area contributed by atoms with Crippen molar-refractivity contribution in [3.8, 4) is 0 Å². The van der Waals surface area contributed by atoms with E-state index in [-0.39, 0.29) is 0 Å². The van der Waals surface area contributed by atoms with Gasteiger partial charge in [0.1, 0.15) is 14.8 Å². The summed E-state index contributed by atoms with van der Waals surface area (Å²) in [6, 6.07) is 0. The molecule has 0 aromatic heterocycles. The van der Waals surface area contributed by atoms with Gasteiger partial charge in [-0.1, -0.05) is 0 Å². The van der Waals surface area contributed by atoms with Gasteiger partial charge in [-0.05, 0) is 12.8 Å². The molecule has 15 heavy (non-hydrogen) atoms. The molecule has 1 saturated heterocycles. The van der Waals surface area contributed by atoms with Crippen molar-refractivity contribution in [3.63, 3.8) is 0 Å². The maximum Gasteiger partial charge on any atom is 0.220 e. The van der Waals surface area contributed by atoms with Gasteiger partial charge in [0.2, 0.25) is 5.88 Å². The Labute approximate surface area is 88.5 Å². The fourth-order valence-electron chi connectivity index (χ4n) is 2.07. The van der Waals surface area contributed by atoms with Gasteiger partial charge in [-0.25, -0.2) is 19.6 Å². The number of fused-ring (bicyclic) bond motifs is 1. The van der Waals surface area contributed by atoms with Crippen LogP contribution in [0.15, 0.2) is 10.8 Å². The zero-order valence-electron chi connectivity index (χ0n) is 8.28. The Morgan fingerprint density at radius 3 is 2.93 bits per heavy atom. The summed E-state index contributed by atoms with van der Waals surface area (Å²) in [5.74, 6) is 0.523. The maximum atomic E-state index is 11.5. The lowest BCUT2D eigenvalue weighted by molar-refractivity contribution is 0.000566. The topological polar surface area (TPSA) is 91.4 Å². The van der Waals surface area contributed by atoms with Gasteiger partial charge in [-0.3, -0.25) is 5.01 Å². The molecule has 7 heteroatoms. The van der Waals surface area contributed by atoms with E-state index in [0.29, 0.717) is 29.4 Å². The molecule has 1 spiro atoms. The number of hydrogen-bond acceptors (Lipinski definition) is 5. The molecule has 1 atom stereocenters. The number of nitrogens with zero attached hydrogens (tertiary/aromatic N) is 1. The predicted molar refractivity (Wildman–Crippen MR) is 54.4 cm³/mol. The molecular weight excluding hydrogens is 216 g/mol. The first kappa shape index (κ1) is 9.44. The first-order valence-corrected chi connectivity index (χ1v) is 6.56. The molecule has 6 nitrogen and oxygen atoms in total. The van der Waals surface area contributed by atoms with Crippen LogP contribution >= 0.6 is 0 Å². The van der Waals surface area contributed by atoms with E-state index in [1.807, 2.05) is 5.01 Å². The Morgan fingerprint density at radius 1 is 1.60 bits per heavy atom. The molecule has 1 saturated carbocycles. The van der Waals surface area contributed by atoms with Crippen LogP contribution in [0.25, 0.3) is 0 Å². The van der Waals surface area contributed by atoms with Gasteiger partial charge < -0.3 is 4.74 Å². The Bertz CT molecular complexity index is 438. The van der Waals surface area contributed by atoms with Crippen LogP contribution in [0.3, 0.4) is 0 Å². The minimum Gasteiger partial charge on any atom is -0.477 e. The highest BCUT2D eigenvalue weighted by molar-refractivity contribution is 7.94. The lowest BCUT2D eigenvalue weighted by atomic mass is 10.1. The van der Waals surface area contributed by atoms with Crippen molar-refractivity contribution in [2.24, 2.45) is 10.6 Å². The van der Waals surface area contributed by atoms with Crippen molar-refractivity contribution < 1.29 is 8.95 Å². The summed E-state index contributed by atoms with van der Waals surface area (Å²) in [5, 5.41) is 7.17. The number of hydrogen-bond donors (Lipinski definition) is 3. The second-order valence-corrected chi connectivity index (χ2v) is 6.23. The minimum absolute atomic E-state index is 0.295. The van der Waals surface area contributed by atoms with Crippen LogP contribution in [-0.4, -0.2) is 28.9 Å². The second-order valence-electron chi connectivity index (χ2n) is 4.54. The Hall–Kier alpha value is -0.790. The highest BCUT2D eigenvalue weighted by Gasteiger charge is 2.50. The van der Waals surface area contributed by atoms with Crippen LogP contribution in [0.4, 0.5) is 0 Å². The summed E-state index contributed by atoms with van der Waals surface area (Å²) in [6.07, 6.45) is 2.37. The van der Waals surface area contributed by atoms with Crippen LogP contribution < -0.4 is 10.6 Å². The molecule has 2 fully saturated rings. The molecule has 3 rings (SSSR count). The van der Waals surface area contributed by atoms with Crippen LogP contribution in [0.5, 0.6) is 0 Å². The van der Waals surface area contributed by atoms with Crippen LogP contribution in [0.2, 0.25) is 0 Å². The molecular formula is C8H14N4O2S. The van der Waals surface area contributed by atoms with Gasteiger partial charge in [0, 0.05) is 12.0 Å². The third kappa shape index (κ3) is 1.42. The summed E-state index contributed by atoms with van der Waals surface area (Å²) in [5.41, 5.74) is 3.36. The first-order valence-electron chi connectivity index (χ1n) is 4.94. The normalized spacial score (nSPS) is 31.1. The van der Waals surface area contributed by atoms with Crippen LogP contribution in [0, 0.1) is 10.2 Å². The Kier molecular flexibility index (Phi) is 1.67. The number of hydrazine groups is 1. The van der Waals surface area contributed by atoms with E-state index in [4.69, 9.17) is 14.7 Å². The summed E-state index contributed by atoms with van der Waals surface area (Å²) < 4.78 is 24.4. The van der Waals surface area contributed by atoms with Crippen molar-refractivity contribution in [1.29, 1.82) is 4.78 Å². The Morgan fingerprint density at radius 2 is 2.33 bits per heavy atom. The van der Waals surface area contributed by atoms with Crippen molar-refractivity contribution in [2.45, 2.75) is 12.8 Å². The molecule has 0 amide bonds. The van der Waals surface area contributed by atoms with Crippen molar-refractivity contribution in [2.75, 3.05) is 19.7 Å². The number of nitrogens with one attached hydrogen (secondary N) is 2. The molecule has 1 aliphatic carbocycles. The molecule has 1 unspecified atom stereocenters. The van der Waals surface area contributed by atoms with E-state index >= 15 is 0 Å². The van der Waals surface area contributed by atoms with Crippen LogP contribution in [-0.2, 0) is 14.7 Å². The van der Waals surface area contributed by atoms with Gasteiger partial charge in [0.05, 0.1) is 13.2 Å². The highest BCUT2D eigenvalue weighted by atomic mass is 32.2. The summed E-state index contributed by atoms with van der Waals surface area (Å²) in [4.78, 5) is 0.387. The smallest absolute Gasteiger partial charge is 0.220 e. The minimum atomic E-state index is -3.14. The molecule has 0 aromatic carbocycles. The van der Waals surface area contributed by atoms with Gasteiger partial charge in [0.15, 0.2) is 0 Å². The largest absolute Gasteiger partial charge is 0.477 e. The monoisotopic (exact) mass is 230 g/mol. The average molecular weight is 230 g/mol. The second kappa shape index (κ2) is 2.66. The van der Waals surface area contributed by atoms with Gasteiger partial charge in [-0.2, -0.15) is 0 Å². The molecule has 0 bridgehead atoms. The summed E-state index contributed by atoms with van der Waals surface area (Å²) >= 11 is 0. The van der Waals surface area contributed by atoms with Gasteiger partial charge in [-0.15, -0.1) is 0 Å². The maximum absolute atomic E-state index is 11.5. The van der Waals surface area contributed by atoms with Crippen LogP contribution in [0.1, 0.15) is 12.8 Å². The van der Waals surface area contributed by atoms with Crippen molar-refractivity contribution >= 4 is 9.92 Å². The van der Waals surface area contributed by atoms with Crippen molar-refractivity contribution in [3.05, 3.63) is 10.8 Å². The lowest BCUT2D eigenvalue weighted by Crippen LogP contribution is -2.43. The SMILES string of the molecule is N=S(N)(=O)C1=C2OCC3(CC3)CN2NC1. The van der Waals surface area contributed by atoms with E-state index in [0.717, 1.165) is 6.54 Å². The lowest BCUT2D eigenvalue weighted by Gasteiger charge is -2.33. The fourth-order valence-corrected chi connectivity index (χ4v) is 2.78. The predicted octanol–water partition coefficient (Wildman–Crippen LogP) is -0.293. The zero-order valence-corrected chi connectivity index (χ0v) is 9.10. The highest BCUT2D eigenvalue weighted by Crippen LogP contribution is 2.50. The van der Waals surface area contributed by atoms with E-state index < -0.39 is 9.92 Å². The molecule has 84 valence electrons. The van der Waals surface area contributed by atoms with E-state index in [2.05, 4.69) is 5.43 Å². The van der Waals surface area contributed by atoms with E-state index in [1.165, 1.54) is 12.8 Å². The number of rotatable bonds is 1. The van der Waals surface area contributed by atoms with E-state index in [1.54, 1.807) is 0 Å². The summed E-state index contributed by atoms with van der Waals surface area (Å²) in [6.45, 7) is 1.91. The molecule has 4 N–H and O–H groups in total. The Balaban J connectivity index is 1.93. The number of nitrogens with two attached hydrogens (primary N) is 1. The first-order chi connectivity index (χ1) is 7.00. The summed E-state index contributed by atoms with van der Waals surface area (Å²) in [7, 11) is -3.14. The van der Waals surface area contributed by atoms with Gasteiger partial charge >= 0.3 is 0 Å². The fraction of sp³-hybridized carbons (Fsp3) is 0.750. The number of ether oxygens (including phenoxy) is 1. The molecule has 0 radical (unpaired) electrons. The van der Waals surface area contributed by atoms with E-state index in [9.17, 15) is 4.21 Å². The quantitative estimate of drug-likeness (QED) is 0.577. The van der Waals surface area contributed by atoms with Crippen molar-refractivity contribution in [1.82, 2.24) is 10.4 Å². The molecule has 0 aromatic rings. The standard InChI is InChI=1S/C8H14N4O2S/c9-15(10,13)6-3-11-12-4-8(1-2-8)5-14-7(6)12/h11H,1-5H2,(H3,9,10,13). The molecule has 2 heterocycles.